The van der Waals surface area contributed by atoms with Crippen molar-refractivity contribution in [1.82, 2.24) is 9.80 Å². The van der Waals surface area contributed by atoms with Crippen LogP contribution in [0.3, 0.4) is 0 Å². The number of amides is 2. The summed E-state index contributed by atoms with van der Waals surface area (Å²) in [5, 5.41) is 0. The quantitative estimate of drug-likeness (QED) is 0.779. The average molecular weight is 406 g/mol. The standard InChI is InChI=1S/C24H26N2O4/c27-23-4-2-11-25(23)16-17-5-7-18(8-6-17)24(28)26-12-1-3-20(26)19-9-10-21-22(15-19)30-14-13-29-21/h5-10,15,20H,1-4,11-14,16H2. The fourth-order valence-electron chi connectivity index (χ4n) is 4.63. The molecule has 1 atom stereocenters. The Balaban J connectivity index is 1.30. The average Bonchev–Trinajstić information content (AvgIpc) is 3.43. The third-order valence-electron chi connectivity index (χ3n) is 6.21. The van der Waals surface area contributed by atoms with Gasteiger partial charge < -0.3 is 19.3 Å². The highest BCUT2D eigenvalue weighted by Crippen LogP contribution is 2.38. The van der Waals surface area contributed by atoms with Crippen LogP contribution in [0.15, 0.2) is 42.5 Å². The molecule has 3 aliphatic heterocycles. The van der Waals surface area contributed by atoms with Crippen LogP contribution in [0.2, 0.25) is 0 Å². The largest absolute Gasteiger partial charge is 0.486 e. The minimum atomic E-state index is 0.0511. The third kappa shape index (κ3) is 3.62. The number of nitrogens with zero attached hydrogens (tertiary/aromatic N) is 2. The number of hydrogen-bond donors (Lipinski definition) is 0. The normalized spacial score (nSPS) is 20.7. The van der Waals surface area contributed by atoms with Crippen molar-refractivity contribution in [3.8, 4) is 11.5 Å². The molecule has 0 bridgehead atoms. The Morgan fingerprint density at radius 1 is 0.967 bits per heavy atom. The van der Waals surface area contributed by atoms with Crippen molar-refractivity contribution in [3.05, 3.63) is 59.2 Å². The predicted octanol–water partition coefficient (Wildman–Crippen LogP) is 3.56. The Kier molecular flexibility index (Phi) is 5.07. The summed E-state index contributed by atoms with van der Waals surface area (Å²) in [6.07, 6.45) is 3.51. The number of carbonyl (C=O) groups is 2. The Morgan fingerprint density at radius 3 is 2.53 bits per heavy atom. The molecule has 0 N–H and O–H groups in total. The van der Waals surface area contributed by atoms with E-state index in [1.165, 1.54) is 0 Å². The first-order chi connectivity index (χ1) is 14.7. The summed E-state index contributed by atoms with van der Waals surface area (Å²) < 4.78 is 11.3. The lowest BCUT2D eigenvalue weighted by Crippen LogP contribution is -2.30. The molecule has 2 amide bonds. The number of carbonyl (C=O) groups excluding carboxylic acids is 2. The van der Waals surface area contributed by atoms with Crippen LogP contribution in [0.4, 0.5) is 0 Å². The van der Waals surface area contributed by atoms with E-state index in [4.69, 9.17) is 9.47 Å². The Labute approximate surface area is 176 Å². The summed E-state index contributed by atoms with van der Waals surface area (Å²) in [4.78, 5) is 28.9. The van der Waals surface area contributed by atoms with Crippen molar-refractivity contribution in [2.75, 3.05) is 26.3 Å². The second kappa shape index (κ2) is 8.01. The first-order valence-electron chi connectivity index (χ1n) is 10.8. The first-order valence-corrected chi connectivity index (χ1v) is 10.8. The highest BCUT2D eigenvalue weighted by atomic mass is 16.6. The lowest BCUT2D eigenvalue weighted by Gasteiger charge is -2.27. The van der Waals surface area contributed by atoms with Crippen LogP contribution < -0.4 is 9.47 Å². The van der Waals surface area contributed by atoms with Gasteiger partial charge in [0, 0.05) is 31.6 Å². The van der Waals surface area contributed by atoms with Crippen LogP contribution in [0.5, 0.6) is 11.5 Å². The molecule has 6 heteroatoms. The Hall–Kier alpha value is -3.02. The zero-order chi connectivity index (χ0) is 20.5. The molecule has 30 heavy (non-hydrogen) atoms. The maximum Gasteiger partial charge on any atom is 0.254 e. The molecule has 6 nitrogen and oxygen atoms in total. The molecule has 0 saturated carbocycles. The first kappa shape index (κ1) is 19.0. The van der Waals surface area contributed by atoms with Gasteiger partial charge in [0.15, 0.2) is 11.5 Å². The van der Waals surface area contributed by atoms with E-state index in [1.54, 1.807) is 0 Å². The number of hydrogen-bond acceptors (Lipinski definition) is 4. The molecule has 0 aliphatic carbocycles. The van der Waals surface area contributed by atoms with E-state index in [-0.39, 0.29) is 17.9 Å². The van der Waals surface area contributed by atoms with Gasteiger partial charge in [-0.15, -0.1) is 0 Å². The van der Waals surface area contributed by atoms with E-state index >= 15 is 0 Å². The molecule has 5 rings (SSSR count). The van der Waals surface area contributed by atoms with Crippen molar-refractivity contribution in [1.29, 1.82) is 0 Å². The maximum absolute atomic E-state index is 13.2. The third-order valence-corrected chi connectivity index (χ3v) is 6.21. The molecule has 0 spiro atoms. The summed E-state index contributed by atoms with van der Waals surface area (Å²) in [6, 6.07) is 13.8. The van der Waals surface area contributed by atoms with Crippen molar-refractivity contribution in [2.24, 2.45) is 0 Å². The highest BCUT2D eigenvalue weighted by Gasteiger charge is 2.31. The molecule has 156 valence electrons. The van der Waals surface area contributed by atoms with Crippen LogP contribution in [0.25, 0.3) is 0 Å². The van der Waals surface area contributed by atoms with Crippen LogP contribution in [-0.2, 0) is 11.3 Å². The van der Waals surface area contributed by atoms with Gasteiger partial charge in [-0.05, 0) is 54.7 Å². The number of fused-ring (bicyclic) bond motifs is 1. The highest BCUT2D eigenvalue weighted by molar-refractivity contribution is 5.94. The lowest BCUT2D eigenvalue weighted by molar-refractivity contribution is -0.128. The molecule has 0 aromatic heterocycles. The zero-order valence-electron chi connectivity index (χ0n) is 17.0. The summed E-state index contributed by atoms with van der Waals surface area (Å²) in [7, 11) is 0. The van der Waals surface area contributed by atoms with Crippen LogP contribution in [0, 0.1) is 0 Å². The van der Waals surface area contributed by atoms with Crippen molar-refractivity contribution in [2.45, 2.75) is 38.3 Å². The zero-order valence-corrected chi connectivity index (χ0v) is 17.0. The van der Waals surface area contributed by atoms with E-state index in [1.807, 2.05) is 52.3 Å². The van der Waals surface area contributed by atoms with Crippen molar-refractivity contribution >= 4 is 11.8 Å². The monoisotopic (exact) mass is 406 g/mol. The minimum absolute atomic E-state index is 0.0511. The lowest BCUT2D eigenvalue weighted by atomic mass is 10.0. The number of benzene rings is 2. The molecule has 2 aromatic rings. The van der Waals surface area contributed by atoms with E-state index in [9.17, 15) is 9.59 Å². The number of rotatable bonds is 4. The van der Waals surface area contributed by atoms with E-state index < -0.39 is 0 Å². The Morgan fingerprint density at radius 2 is 1.77 bits per heavy atom. The number of ether oxygens (including phenoxy) is 2. The molecule has 2 aromatic carbocycles. The molecule has 3 aliphatic rings. The van der Waals surface area contributed by atoms with Gasteiger partial charge in [-0.3, -0.25) is 9.59 Å². The fraction of sp³-hybridized carbons (Fsp3) is 0.417. The molecule has 1 unspecified atom stereocenters. The van der Waals surface area contributed by atoms with Gasteiger partial charge in [0.25, 0.3) is 5.91 Å². The molecule has 2 fully saturated rings. The van der Waals surface area contributed by atoms with Gasteiger partial charge in [-0.2, -0.15) is 0 Å². The molecule has 0 radical (unpaired) electrons. The second-order valence-corrected chi connectivity index (χ2v) is 8.18. The maximum atomic E-state index is 13.2. The molecular weight excluding hydrogens is 380 g/mol. The summed E-state index contributed by atoms with van der Waals surface area (Å²) in [5.41, 5.74) is 2.84. The van der Waals surface area contributed by atoms with Crippen molar-refractivity contribution < 1.29 is 19.1 Å². The smallest absolute Gasteiger partial charge is 0.254 e. The SMILES string of the molecule is O=C1CCCN1Cc1ccc(C(=O)N2CCCC2c2ccc3c(c2)OCCO3)cc1. The summed E-state index contributed by atoms with van der Waals surface area (Å²) in [5.74, 6) is 1.80. The van der Waals surface area contributed by atoms with Crippen molar-refractivity contribution in [3.63, 3.8) is 0 Å². The second-order valence-electron chi connectivity index (χ2n) is 8.18. The van der Waals surface area contributed by atoms with Gasteiger partial charge in [-0.1, -0.05) is 18.2 Å². The van der Waals surface area contributed by atoms with Gasteiger partial charge in [0.05, 0.1) is 6.04 Å². The molecule has 2 saturated heterocycles. The van der Waals surface area contributed by atoms with Gasteiger partial charge >= 0.3 is 0 Å². The predicted molar refractivity (Wildman–Crippen MR) is 112 cm³/mol. The topological polar surface area (TPSA) is 59.1 Å². The summed E-state index contributed by atoms with van der Waals surface area (Å²) >= 11 is 0. The van der Waals surface area contributed by atoms with E-state index in [0.717, 1.165) is 55.0 Å². The number of likely N-dealkylation sites (tertiary alicyclic amines) is 2. The molecular formula is C24H26N2O4. The minimum Gasteiger partial charge on any atom is -0.486 e. The molecule has 3 heterocycles. The Bertz CT molecular complexity index is 956. The van der Waals surface area contributed by atoms with Gasteiger partial charge in [-0.25, -0.2) is 0 Å². The van der Waals surface area contributed by atoms with Gasteiger partial charge in [0.2, 0.25) is 5.91 Å². The van der Waals surface area contributed by atoms with Crippen LogP contribution in [-0.4, -0.2) is 47.9 Å². The van der Waals surface area contributed by atoms with Gasteiger partial charge in [0.1, 0.15) is 13.2 Å². The summed E-state index contributed by atoms with van der Waals surface area (Å²) in [6.45, 7) is 3.32. The van der Waals surface area contributed by atoms with E-state index in [0.29, 0.717) is 31.7 Å². The fourth-order valence-corrected chi connectivity index (χ4v) is 4.63. The van der Waals surface area contributed by atoms with Crippen LogP contribution >= 0.6 is 0 Å². The van der Waals surface area contributed by atoms with E-state index in [2.05, 4.69) is 0 Å². The van der Waals surface area contributed by atoms with Crippen LogP contribution in [0.1, 0.15) is 53.2 Å².